The fraction of sp³-hybridized carbons (Fsp3) is 0.788. The Balaban J connectivity index is 0.000000187. The highest BCUT2D eigenvalue weighted by Crippen LogP contribution is 2.65. The summed E-state index contributed by atoms with van der Waals surface area (Å²) >= 11 is 0. The third kappa shape index (κ3) is 26.5. The molecule has 0 spiro atoms. The molecule has 8 unspecified atom stereocenters. The van der Waals surface area contributed by atoms with Crippen LogP contribution in [0.1, 0.15) is 377 Å². The first-order valence-corrected chi connectivity index (χ1v) is 50.6. The smallest absolute Gasteiger partial charge is 0.0809 e. The first kappa shape index (κ1) is 104. The van der Waals surface area contributed by atoms with Gasteiger partial charge in [0.25, 0.3) is 0 Å². The third-order valence-electron chi connectivity index (χ3n) is 36.5. The molecule has 11 nitrogen and oxygen atoms in total. The van der Waals surface area contributed by atoms with Gasteiger partial charge < -0.3 is 56.2 Å². The highest BCUT2D eigenvalue weighted by Gasteiger charge is 2.56. The second-order valence-corrected chi connectivity index (χ2v) is 48.2. The summed E-state index contributed by atoms with van der Waals surface area (Å²) in [5, 5.41) is 112. The van der Waals surface area contributed by atoms with Crippen LogP contribution in [0.2, 0.25) is 0 Å². The maximum absolute atomic E-state index is 10.2. The molecule has 11 N–H and O–H groups in total. The lowest BCUT2D eigenvalue weighted by molar-refractivity contribution is 0.0442. The fourth-order valence-corrected chi connectivity index (χ4v) is 27.3. The summed E-state index contributed by atoms with van der Waals surface area (Å²) in [6.45, 7) is 63.6. The van der Waals surface area contributed by atoms with Crippen LogP contribution in [-0.2, 0) is 0 Å². The van der Waals surface area contributed by atoms with Crippen molar-refractivity contribution in [1.29, 1.82) is 0 Å². The van der Waals surface area contributed by atoms with E-state index < -0.39 is 65.6 Å². The van der Waals surface area contributed by atoms with Gasteiger partial charge in [-0.3, -0.25) is 0 Å². The minimum Gasteiger partial charge on any atom is -0.390 e. The van der Waals surface area contributed by atoms with E-state index >= 15 is 0 Å². The van der Waals surface area contributed by atoms with Crippen molar-refractivity contribution in [2.24, 2.45) is 122 Å². The predicted octanol–water partition coefficient (Wildman–Crippen LogP) is 25.1. The largest absolute Gasteiger partial charge is 0.390 e. The average Bonchev–Trinajstić information content (AvgIpc) is 1.62. The van der Waals surface area contributed by atoms with Crippen LogP contribution in [0.3, 0.4) is 0 Å². The molecular weight excluding hydrogens is 1530 g/mol. The van der Waals surface area contributed by atoms with Gasteiger partial charge in [0.05, 0.1) is 65.6 Å². The Morgan fingerprint density at radius 2 is 0.468 bits per heavy atom. The predicted molar refractivity (Wildman–Crippen MR) is 517 cm³/mol. The zero-order valence-electron chi connectivity index (χ0n) is 82.7. The van der Waals surface area contributed by atoms with Crippen LogP contribution in [0.15, 0.2) is 142 Å². The average molecular weight is 1720 g/mol. The molecule has 0 aromatic carbocycles. The molecule has 124 heavy (non-hydrogen) atoms. The molecule has 0 aromatic heterocycles. The molecule has 12 fully saturated rings. The van der Waals surface area contributed by atoms with Crippen LogP contribution in [0.25, 0.3) is 0 Å². The molecule has 704 valence electrons. The Bertz CT molecular complexity index is 3270. The molecule has 28 atom stereocenters. The Hall–Kier alpha value is -3.56. The first-order valence-electron chi connectivity index (χ1n) is 50.6. The Morgan fingerprint density at radius 1 is 0.290 bits per heavy atom. The number of allylic oxidation sites excluding steroid dienone is 12. The summed E-state index contributed by atoms with van der Waals surface area (Å²) in [5.74, 6) is 11.2. The lowest BCUT2D eigenvalue weighted by Gasteiger charge is -2.45. The van der Waals surface area contributed by atoms with Gasteiger partial charge in [-0.1, -0.05) is 223 Å². The monoisotopic (exact) mass is 1720 g/mol. The summed E-state index contributed by atoms with van der Waals surface area (Å²) in [7, 11) is 0. The molecule has 0 heterocycles. The van der Waals surface area contributed by atoms with Gasteiger partial charge >= 0.3 is 0 Å². The van der Waals surface area contributed by atoms with Crippen molar-refractivity contribution >= 4 is 0 Å². The van der Waals surface area contributed by atoms with Crippen molar-refractivity contribution in [2.75, 3.05) is 0 Å². The van der Waals surface area contributed by atoms with Gasteiger partial charge in [-0.2, -0.15) is 0 Å². The second-order valence-electron chi connectivity index (χ2n) is 48.2. The highest BCUT2D eigenvalue weighted by molar-refractivity contribution is 5.35. The van der Waals surface area contributed by atoms with Gasteiger partial charge in [0.2, 0.25) is 0 Å². The molecular formula is C113H186O11. The molecule has 0 radical (unpaired) electrons. The fourth-order valence-electron chi connectivity index (χ4n) is 27.3. The van der Waals surface area contributed by atoms with Crippen LogP contribution in [0.5, 0.6) is 0 Å². The third-order valence-corrected chi connectivity index (χ3v) is 36.5. The van der Waals surface area contributed by atoms with E-state index in [1.165, 1.54) is 141 Å². The van der Waals surface area contributed by atoms with E-state index in [1.807, 2.05) is 41.5 Å². The van der Waals surface area contributed by atoms with E-state index in [4.69, 9.17) is 0 Å². The molecule has 12 aliphatic carbocycles. The normalized spacial score (nSPS) is 37.6. The number of hydrogen-bond donors (Lipinski definition) is 11. The van der Waals surface area contributed by atoms with Crippen molar-refractivity contribution in [3.05, 3.63) is 142 Å². The zero-order chi connectivity index (χ0) is 91.9. The van der Waals surface area contributed by atoms with Gasteiger partial charge in [-0.05, 0) is 417 Å². The first-order chi connectivity index (χ1) is 57.7. The second kappa shape index (κ2) is 43.4. The maximum atomic E-state index is 10.2. The molecule has 12 saturated carbocycles. The molecule has 12 rings (SSSR count). The SMILES string of the molecule is C=C1[C@H](O)CC(=C/C=C2\CCC[C@@]3(C)C2CCC3[C@@H](C)[C@@H](C)CCC(C)(C)O)C[C@H]1O.C=C1[C@H](O)CC(=C/C=C2\CCC[C@@]3(C)C2CCC3[C@@H](C)[C@H](C)CCC(C)(C)O)C[C@H]1O.C=C1[C@H](O)CC(=C/C=C2\CCC[C@@]3(C)C2CCC3[C@H](C)[C@@H](C)CCC(C)(C)O)C[C@H]1O.C=C1[C@H](O)CC(=C/C=C2\CCC[C@@]3(C)C2CCC3[C@H](C)[C@H](C)CCC(C)(C)C)C[C@H]1O. The lowest BCUT2D eigenvalue weighted by atomic mass is 9.59. The van der Waals surface area contributed by atoms with Gasteiger partial charge in [-0.15, -0.1) is 0 Å². The molecule has 0 saturated heterocycles. The Morgan fingerprint density at radius 3 is 0.637 bits per heavy atom. The Labute approximate surface area is 757 Å². The molecule has 0 aliphatic heterocycles. The summed E-state index contributed by atoms with van der Waals surface area (Å²) in [4.78, 5) is 0. The lowest BCUT2D eigenvalue weighted by Crippen LogP contribution is -2.37. The summed E-state index contributed by atoms with van der Waals surface area (Å²) in [6.07, 6.45) is 52.1. The van der Waals surface area contributed by atoms with Gasteiger partial charge in [0.15, 0.2) is 0 Å². The summed E-state index contributed by atoms with van der Waals surface area (Å²) in [5.41, 5.74) is 13.4. The maximum Gasteiger partial charge on any atom is 0.0809 e. The number of rotatable bonds is 23. The van der Waals surface area contributed by atoms with Crippen molar-refractivity contribution in [1.82, 2.24) is 0 Å². The molecule has 12 aliphatic rings. The quantitative estimate of drug-likeness (QED) is 0.0432. The van der Waals surface area contributed by atoms with E-state index in [2.05, 4.69) is 179 Å². The molecule has 0 amide bonds. The van der Waals surface area contributed by atoms with Crippen LogP contribution in [0, 0.1) is 122 Å². The summed E-state index contributed by atoms with van der Waals surface area (Å²) < 4.78 is 0. The molecule has 0 aromatic rings. The number of fused-ring (bicyclic) bond motifs is 4. The van der Waals surface area contributed by atoms with Gasteiger partial charge in [0.1, 0.15) is 0 Å². The van der Waals surface area contributed by atoms with Gasteiger partial charge in [-0.25, -0.2) is 0 Å². The highest BCUT2D eigenvalue weighted by atomic mass is 16.3. The van der Waals surface area contributed by atoms with Crippen LogP contribution in [0.4, 0.5) is 0 Å². The Kier molecular flexibility index (Phi) is 36.5. The molecule has 0 bridgehead atoms. The van der Waals surface area contributed by atoms with Crippen LogP contribution < -0.4 is 0 Å². The van der Waals surface area contributed by atoms with E-state index in [-0.39, 0.29) is 0 Å². The number of hydrogen-bond acceptors (Lipinski definition) is 11. The van der Waals surface area contributed by atoms with E-state index in [1.54, 1.807) is 22.3 Å². The minimum absolute atomic E-state index is 0.366. The van der Waals surface area contributed by atoms with Crippen molar-refractivity contribution in [3.63, 3.8) is 0 Å². The molecule has 11 heteroatoms. The minimum atomic E-state index is -0.618. The van der Waals surface area contributed by atoms with Gasteiger partial charge in [0, 0.05) is 0 Å². The van der Waals surface area contributed by atoms with E-state index in [0.29, 0.717) is 160 Å². The van der Waals surface area contributed by atoms with Crippen molar-refractivity contribution < 1.29 is 56.2 Å². The zero-order valence-corrected chi connectivity index (χ0v) is 82.7. The standard InChI is InChI=1S/C29H48O2.3C28H46O3/c1-19(14-16-28(4,5)6)20(2)24-12-13-25-23(9-8-15-29(24,25)7)11-10-22-17-26(30)21(3)27(31)18-22;3*1-18(13-15-27(4,5)31)19(2)23-11-12-24-22(8-7-14-28(23,24)6)10-9-21-16-25(29)20(3)26(30)17-21/h10-11,19-20,24-27,30-31H,3,8-9,12-18H2,1-2,4-7H3;3*9-10,18-19,23-26,29-31H,3,7-8,11-17H2,1-2,4-6H3/b23-11+;3*22-10+/t19-,20-,24?,25?,26-,27-,29-;18-,19+,23?,24?,25+,26+,28+;18-,19+,23?,24?,25-,26-,28-;18-,19-,23?,24?,25+,26+,28+/m1010/s1. The van der Waals surface area contributed by atoms with Crippen molar-refractivity contribution in [3.8, 4) is 0 Å². The van der Waals surface area contributed by atoms with E-state index in [0.717, 1.165) is 96.3 Å². The topological polar surface area (TPSA) is 223 Å². The van der Waals surface area contributed by atoms with Crippen molar-refractivity contribution in [2.45, 2.75) is 442 Å². The number of aliphatic hydroxyl groups is 11. The van der Waals surface area contributed by atoms with Crippen LogP contribution in [-0.4, -0.2) is 122 Å². The number of aliphatic hydroxyl groups excluding tert-OH is 8. The van der Waals surface area contributed by atoms with E-state index in [9.17, 15) is 56.2 Å². The summed E-state index contributed by atoms with van der Waals surface area (Å²) in [6, 6.07) is 0. The van der Waals surface area contributed by atoms with Crippen LogP contribution >= 0.6 is 0 Å².